The molecule has 0 radical (unpaired) electrons. The molecule has 0 aliphatic carbocycles. The Morgan fingerprint density at radius 1 is 1.29 bits per heavy atom. The summed E-state index contributed by atoms with van der Waals surface area (Å²) in [6.07, 6.45) is 3.67. The standard InChI is InChI=1S/C13H15N3O/c1-10(11-5-3-2-4-6-11)16-8-7-12(9-16)13(17)15-14/h2-10H,14H2,1H3,(H,15,17)/t10-/m0/s1. The van der Waals surface area contributed by atoms with Crippen molar-refractivity contribution in [3.05, 3.63) is 59.9 Å². The lowest BCUT2D eigenvalue weighted by molar-refractivity contribution is 0.0953. The van der Waals surface area contributed by atoms with Crippen LogP contribution in [0.2, 0.25) is 0 Å². The molecular weight excluding hydrogens is 214 g/mol. The fourth-order valence-electron chi connectivity index (χ4n) is 1.78. The second kappa shape index (κ2) is 4.84. The number of nitrogens with one attached hydrogen (secondary N) is 1. The predicted molar refractivity (Wildman–Crippen MR) is 66.3 cm³/mol. The Hall–Kier alpha value is -2.07. The van der Waals surface area contributed by atoms with Gasteiger partial charge in [0.1, 0.15) is 0 Å². The molecule has 0 saturated carbocycles. The van der Waals surface area contributed by atoms with Gasteiger partial charge in [0.2, 0.25) is 0 Å². The molecule has 0 aliphatic heterocycles. The Bertz CT molecular complexity index is 504. The average molecular weight is 229 g/mol. The van der Waals surface area contributed by atoms with Crippen molar-refractivity contribution in [3.8, 4) is 0 Å². The molecule has 0 saturated heterocycles. The maximum atomic E-state index is 11.3. The highest BCUT2D eigenvalue weighted by molar-refractivity contribution is 5.93. The highest BCUT2D eigenvalue weighted by atomic mass is 16.2. The van der Waals surface area contributed by atoms with E-state index < -0.39 is 0 Å². The van der Waals surface area contributed by atoms with Gasteiger partial charge >= 0.3 is 0 Å². The van der Waals surface area contributed by atoms with E-state index in [1.54, 1.807) is 12.3 Å². The second-order valence-corrected chi connectivity index (χ2v) is 3.91. The second-order valence-electron chi connectivity index (χ2n) is 3.91. The van der Waals surface area contributed by atoms with Gasteiger partial charge in [0.15, 0.2) is 0 Å². The number of hydrogen-bond acceptors (Lipinski definition) is 2. The molecule has 0 aliphatic rings. The molecule has 1 aromatic carbocycles. The first-order chi connectivity index (χ1) is 8.22. The van der Waals surface area contributed by atoms with Crippen LogP contribution in [0.25, 0.3) is 0 Å². The van der Waals surface area contributed by atoms with Gasteiger partial charge in [-0.25, -0.2) is 5.84 Å². The Balaban J connectivity index is 2.23. The number of nitrogens with zero attached hydrogens (tertiary/aromatic N) is 1. The van der Waals surface area contributed by atoms with E-state index in [4.69, 9.17) is 5.84 Å². The van der Waals surface area contributed by atoms with Crippen molar-refractivity contribution >= 4 is 5.91 Å². The number of hydrazine groups is 1. The minimum absolute atomic E-state index is 0.190. The molecule has 4 nitrogen and oxygen atoms in total. The van der Waals surface area contributed by atoms with Crippen LogP contribution in [0, 0.1) is 0 Å². The molecule has 17 heavy (non-hydrogen) atoms. The van der Waals surface area contributed by atoms with E-state index in [9.17, 15) is 4.79 Å². The lowest BCUT2D eigenvalue weighted by Gasteiger charge is -2.13. The van der Waals surface area contributed by atoms with Gasteiger partial charge in [-0.05, 0) is 18.6 Å². The molecule has 3 N–H and O–H groups in total. The fraction of sp³-hybridized carbons (Fsp3) is 0.154. The van der Waals surface area contributed by atoms with Crippen LogP contribution < -0.4 is 11.3 Å². The summed E-state index contributed by atoms with van der Waals surface area (Å²) in [7, 11) is 0. The highest BCUT2D eigenvalue weighted by Crippen LogP contribution is 2.18. The van der Waals surface area contributed by atoms with Gasteiger partial charge < -0.3 is 4.57 Å². The largest absolute Gasteiger partial charge is 0.346 e. The van der Waals surface area contributed by atoms with E-state index in [1.807, 2.05) is 29.0 Å². The van der Waals surface area contributed by atoms with Crippen molar-refractivity contribution < 1.29 is 4.79 Å². The van der Waals surface area contributed by atoms with E-state index in [2.05, 4.69) is 24.5 Å². The number of nitrogens with two attached hydrogens (primary N) is 1. The van der Waals surface area contributed by atoms with Crippen LogP contribution in [-0.2, 0) is 0 Å². The number of amides is 1. The quantitative estimate of drug-likeness (QED) is 0.478. The molecule has 0 bridgehead atoms. The van der Waals surface area contributed by atoms with E-state index in [0.29, 0.717) is 5.56 Å². The van der Waals surface area contributed by atoms with E-state index >= 15 is 0 Å². The summed E-state index contributed by atoms with van der Waals surface area (Å²) in [6, 6.07) is 12.1. The Labute approximate surface area is 100 Å². The lowest BCUT2D eigenvalue weighted by atomic mass is 10.1. The van der Waals surface area contributed by atoms with Gasteiger partial charge in [0, 0.05) is 12.4 Å². The molecule has 2 rings (SSSR count). The summed E-state index contributed by atoms with van der Waals surface area (Å²) in [6.45, 7) is 2.08. The first-order valence-electron chi connectivity index (χ1n) is 5.45. The zero-order valence-corrected chi connectivity index (χ0v) is 9.63. The van der Waals surface area contributed by atoms with Crippen molar-refractivity contribution in [2.24, 2.45) is 5.84 Å². The highest BCUT2D eigenvalue weighted by Gasteiger charge is 2.10. The van der Waals surface area contributed by atoms with Crippen LogP contribution in [0.3, 0.4) is 0 Å². The van der Waals surface area contributed by atoms with Crippen molar-refractivity contribution in [1.82, 2.24) is 9.99 Å². The number of carbonyl (C=O) groups is 1. The Morgan fingerprint density at radius 2 is 2.00 bits per heavy atom. The van der Waals surface area contributed by atoms with Gasteiger partial charge in [-0.15, -0.1) is 0 Å². The molecule has 0 spiro atoms. The lowest BCUT2D eigenvalue weighted by Crippen LogP contribution is -2.29. The van der Waals surface area contributed by atoms with E-state index in [1.165, 1.54) is 5.56 Å². The van der Waals surface area contributed by atoms with E-state index in [-0.39, 0.29) is 11.9 Å². The van der Waals surface area contributed by atoms with Crippen LogP contribution in [0.15, 0.2) is 48.8 Å². The van der Waals surface area contributed by atoms with Crippen LogP contribution in [0.1, 0.15) is 28.9 Å². The number of hydrogen-bond donors (Lipinski definition) is 2. The van der Waals surface area contributed by atoms with Gasteiger partial charge in [-0.1, -0.05) is 30.3 Å². The monoisotopic (exact) mass is 229 g/mol. The van der Waals surface area contributed by atoms with Gasteiger partial charge in [0.25, 0.3) is 5.91 Å². The molecule has 0 fully saturated rings. The van der Waals surface area contributed by atoms with Crippen molar-refractivity contribution in [1.29, 1.82) is 0 Å². The summed E-state index contributed by atoms with van der Waals surface area (Å²) in [5.74, 6) is 4.82. The summed E-state index contributed by atoms with van der Waals surface area (Å²) in [5, 5.41) is 0. The van der Waals surface area contributed by atoms with Crippen LogP contribution in [0.5, 0.6) is 0 Å². The summed E-state index contributed by atoms with van der Waals surface area (Å²) in [5.41, 5.74) is 3.88. The van der Waals surface area contributed by atoms with E-state index in [0.717, 1.165) is 0 Å². The topological polar surface area (TPSA) is 60.0 Å². The van der Waals surface area contributed by atoms with Crippen molar-refractivity contribution in [2.45, 2.75) is 13.0 Å². The molecule has 1 heterocycles. The minimum atomic E-state index is -0.274. The third kappa shape index (κ3) is 2.37. The van der Waals surface area contributed by atoms with Gasteiger partial charge in [-0.3, -0.25) is 10.2 Å². The molecule has 88 valence electrons. The Morgan fingerprint density at radius 3 is 2.65 bits per heavy atom. The molecule has 0 unspecified atom stereocenters. The predicted octanol–water partition coefficient (Wildman–Crippen LogP) is 1.70. The maximum absolute atomic E-state index is 11.3. The first-order valence-corrected chi connectivity index (χ1v) is 5.45. The molecule has 2 aromatic rings. The number of rotatable bonds is 3. The third-order valence-corrected chi connectivity index (χ3v) is 2.84. The van der Waals surface area contributed by atoms with Crippen molar-refractivity contribution in [2.75, 3.05) is 0 Å². The number of aromatic nitrogens is 1. The maximum Gasteiger partial charge on any atom is 0.266 e. The van der Waals surface area contributed by atoms with Crippen LogP contribution >= 0.6 is 0 Å². The van der Waals surface area contributed by atoms with Gasteiger partial charge in [0.05, 0.1) is 11.6 Å². The van der Waals surface area contributed by atoms with Crippen LogP contribution in [-0.4, -0.2) is 10.5 Å². The first kappa shape index (κ1) is 11.4. The summed E-state index contributed by atoms with van der Waals surface area (Å²) < 4.78 is 1.99. The molecule has 4 heteroatoms. The molecule has 1 aromatic heterocycles. The SMILES string of the molecule is C[C@@H](c1ccccc1)n1ccc(C(=O)NN)c1. The zero-order valence-electron chi connectivity index (χ0n) is 9.63. The average Bonchev–Trinajstić information content (AvgIpc) is 2.87. The minimum Gasteiger partial charge on any atom is -0.346 e. The van der Waals surface area contributed by atoms with Crippen molar-refractivity contribution in [3.63, 3.8) is 0 Å². The third-order valence-electron chi connectivity index (χ3n) is 2.84. The zero-order chi connectivity index (χ0) is 12.3. The number of carbonyl (C=O) groups excluding carboxylic acids is 1. The molecular formula is C13H15N3O. The fourth-order valence-corrected chi connectivity index (χ4v) is 1.78. The Kier molecular flexibility index (Phi) is 3.25. The molecule has 1 amide bonds. The smallest absolute Gasteiger partial charge is 0.266 e. The normalized spacial score (nSPS) is 12.1. The number of nitrogen functional groups attached to an aromatic ring is 1. The van der Waals surface area contributed by atoms with Crippen LogP contribution in [0.4, 0.5) is 0 Å². The van der Waals surface area contributed by atoms with Gasteiger partial charge in [-0.2, -0.15) is 0 Å². The summed E-state index contributed by atoms with van der Waals surface area (Å²) in [4.78, 5) is 11.3. The number of benzene rings is 1. The molecule has 1 atom stereocenters. The summed E-state index contributed by atoms with van der Waals surface area (Å²) >= 11 is 0.